The third kappa shape index (κ3) is 9.68. The van der Waals surface area contributed by atoms with Crippen LogP contribution in [0.3, 0.4) is 0 Å². The fourth-order valence-electron chi connectivity index (χ4n) is 5.19. The number of sulfonamides is 1. The predicted molar refractivity (Wildman–Crippen MR) is 187 cm³/mol. The lowest BCUT2D eigenvalue weighted by Gasteiger charge is -2.34. The Balaban J connectivity index is 1.77. The van der Waals surface area contributed by atoms with Gasteiger partial charge in [0.2, 0.25) is 11.8 Å². The molecule has 1 atom stereocenters. The van der Waals surface area contributed by atoms with Gasteiger partial charge in [0.25, 0.3) is 10.0 Å². The maximum atomic E-state index is 14.6. The molecule has 9 heteroatoms. The zero-order chi connectivity index (χ0) is 33.8. The summed E-state index contributed by atoms with van der Waals surface area (Å²) in [6, 6.07) is 29.6. The predicted octanol–water partition coefficient (Wildman–Crippen LogP) is 6.45. The maximum absolute atomic E-state index is 14.6. The van der Waals surface area contributed by atoms with Crippen LogP contribution in [0, 0.1) is 13.8 Å². The van der Waals surface area contributed by atoms with Crippen LogP contribution < -0.4 is 14.4 Å². The van der Waals surface area contributed by atoms with Crippen molar-refractivity contribution in [1.82, 2.24) is 10.2 Å². The second-order valence-electron chi connectivity index (χ2n) is 11.6. The van der Waals surface area contributed by atoms with Crippen molar-refractivity contribution in [3.05, 3.63) is 125 Å². The first-order chi connectivity index (χ1) is 22.6. The van der Waals surface area contributed by atoms with E-state index in [4.69, 9.17) is 4.74 Å². The summed E-state index contributed by atoms with van der Waals surface area (Å²) in [6.07, 6.45) is 1.98. The van der Waals surface area contributed by atoms with Gasteiger partial charge in [0, 0.05) is 19.5 Å². The number of amides is 2. The van der Waals surface area contributed by atoms with Gasteiger partial charge in [-0.25, -0.2) is 8.42 Å². The number of carbonyl (C=O) groups excluding carboxylic acids is 2. The van der Waals surface area contributed by atoms with E-state index in [1.54, 1.807) is 24.3 Å². The Morgan fingerprint density at radius 1 is 0.787 bits per heavy atom. The third-order valence-electron chi connectivity index (χ3n) is 7.90. The Hall–Kier alpha value is -4.63. The van der Waals surface area contributed by atoms with Gasteiger partial charge in [-0.05, 0) is 74.7 Å². The van der Waals surface area contributed by atoms with Gasteiger partial charge in [-0.1, -0.05) is 91.2 Å². The molecule has 0 aliphatic heterocycles. The second-order valence-corrected chi connectivity index (χ2v) is 13.5. The van der Waals surface area contributed by atoms with Crippen LogP contribution in [-0.2, 0) is 32.6 Å². The van der Waals surface area contributed by atoms with Gasteiger partial charge in [0.05, 0.1) is 17.2 Å². The topological polar surface area (TPSA) is 96.0 Å². The minimum absolute atomic E-state index is 0.0255. The maximum Gasteiger partial charge on any atom is 0.264 e. The number of aryl methyl sites for hydroxylation is 2. The lowest BCUT2D eigenvalue weighted by Crippen LogP contribution is -2.53. The zero-order valence-electron chi connectivity index (χ0n) is 27.7. The molecule has 0 aliphatic carbocycles. The number of carbonyl (C=O) groups is 2. The first-order valence-corrected chi connectivity index (χ1v) is 17.5. The summed E-state index contributed by atoms with van der Waals surface area (Å²) in [5.74, 6) is -0.224. The fraction of sp³-hybridized carbons (Fsp3) is 0.316. The van der Waals surface area contributed by atoms with E-state index < -0.39 is 28.5 Å². The minimum atomic E-state index is -4.20. The van der Waals surface area contributed by atoms with Crippen LogP contribution in [0.4, 0.5) is 5.69 Å². The molecule has 8 nitrogen and oxygen atoms in total. The molecule has 4 aromatic carbocycles. The van der Waals surface area contributed by atoms with Crippen molar-refractivity contribution in [3.8, 4) is 5.75 Å². The number of anilines is 1. The van der Waals surface area contributed by atoms with Gasteiger partial charge in [0.15, 0.2) is 0 Å². The molecule has 0 aliphatic rings. The fourth-order valence-corrected chi connectivity index (χ4v) is 6.61. The molecule has 4 aromatic rings. The van der Waals surface area contributed by atoms with Gasteiger partial charge in [0.1, 0.15) is 18.3 Å². The van der Waals surface area contributed by atoms with Crippen molar-refractivity contribution in [3.63, 3.8) is 0 Å². The van der Waals surface area contributed by atoms with E-state index in [9.17, 15) is 18.0 Å². The summed E-state index contributed by atoms with van der Waals surface area (Å²) in [6.45, 7) is 8.35. The van der Waals surface area contributed by atoms with E-state index in [2.05, 4.69) is 5.32 Å². The van der Waals surface area contributed by atoms with Crippen molar-refractivity contribution < 1.29 is 22.7 Å². The van der Waals surface area contributed by atoms with Crippen molar-refractivity contribution in [2.24, 2.45) is 0 Å². The second kappa shape index (κ2) is 16.8. The average molecular weight is 656 g/mol. The number of hydrogen-bond donors (Lipinski definition) is 1. The largest absolute Gasteiger partial charge is 0.494 e. The standard InChI is InChI=1S/C38H45N3O5S/c1-5-7-25-39-38(43)36(26-31-11-9-8-10-12-31)40(27-32-17-13-29(3)14-18-32)37(42)28-41(33-19-15-30(4)16-20-33)47(44,45)35-23-21-34(22-24-35)46-6-2/h8-24,36H,5-7,25-28H2,1-4H3,(H,39,43). The first-order valence-electron chi connectivity index (χ1n) is 16.1. The molecule has 0 radical (unpaired) electrons. The molecule has 0 saturated heterocycles. The number of ether oxygens (including phenoxy) is 1. The van der Waals surface area contributed by atoms with Crippen molar-refractivity contribution in [1.29, 1.82) is 0 Å². The number of nitrogens with one attached hydrogen (secondary N) is 1. The normalized spacial score (nSPS) is 11.8. The van der Waals surface area contributed by atoms with Crippen molar-refractivity contribution in [2.75, 3.05) is 24.0 Å². The van der Waals surface area contributed by atoms with Crippen molar-refractivity contribution in [2.45, 2.75) is 64.4 Å². The average Bonchev–Trinajstić information content (AvgIpc) is 3.07. The summed E-state index contributed by atoms with van der Waals surface area (Å²) in [5, 5.41) is 3.02. The van der Waals surface area contributed by atoms with Gasteiger partial charge < -0.3 is 15.0 Å². The Kier molecular flexibility index (Phi) is 12.6. The van der Waals surface area contributed by atoms with E-state index in [1.807, 2.05) is 94.4 Å². The summed E-state index contributed by atoms with van der Waals surface area (Å²) in [4.78, 5) is 30.0. The minimum Gasteiger partial charge on any atom is -0.494 e. The Morgan fingerprint density at radius 2 is 1.40 bits per heavy atom. The quantitative estimate of drug-likeness (QED) is 0.140. The highest BCUT2D eigenvalue weighted by Crippen LogP contribution is 2.27. The molecule has 1 N–H and O–H groups in total. The number of rotatable bonds is 16. The lowest BCUT2D eigenvalue weighted by atomic mass is 10.0. The molecule has 47 heavy (non-hydrogen) atoms. The van der Waals surface area contributed by atoms with E-state index in [0.717, 1.165) is 39.4 Å². The summed E-state index contributed by atoms with van der Waals surface area (Å²) in [5.41, 5.74) is 4.09. The lowest BCUT2D eigenvalue weighted by molar-refractivity contribution is -0.140. The molecule has 0 bridgehead atoms. The van der Waals surface area contributed by atoms with Gasteiger partial charge in [-0.3, -0.25) is 13.9 Å². The molecule has 0 saturated carbocycles. The summed E-state index contributed by atoms with van der Waals surface area (Å²) < 4.78 is 35.1. The highest BCUT2D eigenvalue weighted by Gasteiger charge is 2.34. The van der Waals surface area contributed by atoms with E-state index in [0.29, 0.717) is 24.6 Å². The molecule has 1 unspecified atom stereocenters. The van der Waals surface area contributed by atoms with E-state index in [-0.39, 0.29) is 23.8 Å². The van der Waals surface area contributed by atoms with Crippen LogP contribution in [0.2, 0.25) is 0 Å². The first kappa shape index (κ1) is 35.2. The molecule has 0 spiro atoms. The zero-order valence-corrected chi connectivity index (χ0v) is 28.5. The molecule has 248 valence electrons. The number of hydrogen-bond acceptors (Lipinski definition) is 5. The molecular formula is C38H45N3O5S. The van der Waals surface area contributed by atoms with Gasteiger partial charge in [-0.2, -0.15) is 0 Å². The summed E-state index contributed by atoms with van der Waals surface area (Å²) >= 11 is 0. The molecule has 0 fully saturated rings. The number of unbranched alkanes of at least 4 members (excludes halogenated alkanes) is 1. The van der Waals surface area contributed by atoms with Crippen LogP contribution >= 0.6 is 0 Å². The number of nitrogens with zero attached hydrogens (tertiary/aromatic N) is 2. The SMILES string of the molecule is CCCCNC(=O)C(Cc1ccccc1)N(Cc1ccc(C)cc1)C(=O)CN(c1ccc(C)cc1)S(=O)(=O)c1ccc(OCC)cc1. The van der Waals surface area contributed by atoms with Gasteiger partial charge in [-0.15, -0.1) is 0 Å². The van der Waals surface area contributed by atoms with Crippen LogP contribution in [0.15, 0.2) is 108 Å². The van der Waals surface area contributed by atoms with E-state index >= 15 is 0 Å². The van der Waals surface area contributed by atoms with Crippen LogP contribution in [0.5, 0.6) is 5.75 Å². The third-order valence-corrected chi connectivity index (χ3v) is 9.69. The van der Waals surface area contributed by atoms with Crippen molar-refractivity contribution >= 4 is 27.5 Å². The molecular weight excluding hydrogens is 611 g/mol. The van der Waals surface area contributed by atoms with Gasteiger partial charge >= 0.3 is 0 Å². The Labute approximate surface area is 279 Å². The van der Waals surface area contributed by atoms with Crippen LogP contribution in [-0.4, -0.2) is 50.9 Å². The highest BCUT2D eigenvalue weighted by atomic mass is 32.2. The molecule has 4 rings (SSSR count). The van der Waals surface area contributed by atoms with E-state index in [1.165, 1.54) is 17.0 Å². The monoisotopic (exact) mass is 655 g/mol. The Bertz CT molecular complexity index is 1690. The molecule has 0 heterocycles. The van der Waals surface area contributed by atoms with Crippen LogP contribution in [0.1, 0.15) is 48.9 Å². The summed E-state index contributed by atoms with van der Waals surface area (Å²) in [7, 11) is -4.20. The highest BCUT2D eigenvalue weighted by molar-refractivity contribution is 7.92. The smallest absolute Gasteiger partial charge is 0.264 e. The Morgan fingerprint density at radius 3 is 2.00 bits per heavy atom. The molecule has 2 amide bonds. The molecule has 0 aromatic heterocycles. The number of benzene rings is 4. The van der Waals surface area contributed by atoms with Crippen LogP contribution in [0.25, 0.3) is 0 Å².